The van der Waals surface area contributed by atoms with Crippen molar-refractivity contribution in [3.63, 3.8) is 0 Å². The number of allylic oxidation sites excluding steroid dienone is 1. The molecule has 2 aliphatic carbocycles. The molecule has 3 aromatic carbocycles. The number of rotatable bonds is 7. The number of nitrogens with one attached hydrogen (secondary N) is 1. The lowest BCUT2D eigenvalue weighted by molar-refractivity contribution is 0.547. The van der Waals surface area contributed by atoms with Crippen molar-refractivity contribution < 1.29 is 0 Å². The molecule has 4 aromatic rings. The first-order chi connectivity index (χ1) is 17.3. The molecule has 0 saturated heterocycles. The van der Waals surface area contributed by atoms with Gasteiger partial charge in [-0.3, -0.25) is 4.68 Å². The fraction of sp³-hybridized carbons (Fsp3) is 0.281. The van der Waals surface area contributed by atoms with E-state index in [-0.39, 0.29) is 6.04 Å². The average Bonchev–Trinajstić information content (AvgIpc) is 3.70. The highest BCUT2D eigenvalue weighted by Gasteiger charge is 2.33. The van der Waals surface area contributed by atoms with Crippen LogP contribution in [0.15, 0.2) is 96.6 Å². The Morgan fingerprint density at radius 2 is 1.54 bits per heavy atom. The molecule has 1 N–H and O–H groups in total. The van der Waals surface area contributed by atoms with Gasteiger partial charge in [-0.1, -0.05) is 91.0 Å². The van der Waals surface area contributed by atoms with Crippen molar-refractivity contribution in [1.29, 1.82) is 0 Å². The summed E-state index contributed by atoms with van der Waals surface area (Å²) in [6.07, 6.45) is 5.82. The second kappa shape index (κ2) is 9.58. The van der Waals surface area contributed by atoms with E-state index in [9.17, 15) is 0 Å². The second-order valence-corrected chi connectivity index (χ2v) is 9.97. The lowest BCUT2D eigenvalue weighted by atomic mass is 9.81. The number of nitrogens with zero attached hydrogens (tertiary/aromatic N) is 2. The normalized spacial score (nSPS) is 17.5. The number of fused-ring (bicyclic) bond motifs is 1. The second-order valence-electron chi connectivity index (χ2n) is 9.97. The van der Waals surface area contributed by atoms with Crippen molar-refractivity contribution in [3.05, 3.63) is 130 Å². The zero-order valence-corrected chi connectivity index (χ0v) is 20.5. The Labute approximate surface area is 208 Å². The first kappa shape index (κ1) is 21.9. The highest BCUT2D eigenvalue weighted by molar-refractivity contribution is 5.71. The van der Waals surface area contributed by atoms with Crippen LogP contribution in [-0.4, -0.2) is 9.78 Å². The molecule has 0 amide bonds. The van der Waals surface area contributed by atoms with Crippen molar-refractivity contribution in [2.24, 2.45) is 0 Å². The zero-order chi connectivity index (χ0) is 23.6. The first-order valence-electron chi connectivity index (χ1n) is 13.0. The van der Waals surface area contributed by atoms with Crippen molar-refractivity contribution in [1.82, 2.24) is 15.1 Å². The number of aromatic nitrogens is 2. The van der Waals surface area contributed by atoms with Gasteiger partial charge < -0.3 is 5.32 Å². The molecule has 6 rings (SSSR count). The summed E-state index contributed by atoms with van der Waals surface area (Å²) in [6, 6.07) is 32.8. The predicted molar refractivity (Wildman–Crippen MR) is 143 cm³/mol. The molecule has 1 aromatic heterocycles. The number of benzene rings is 3. The molecule has 2 unspecified atom stereocenters. The van der Waals surface area contributed by atoms with Gasteiger partial charge in [0.25, 0.3) is 0 Å². The van der Waals surface area contributed by atoms with Gasteiger partial charge in [0, 0.05) is 17.5 Å². The average molecular weight is 460 g/mol. The van der Waals surface area contributed by atoms with Crippen molar-refractivity contribution >= 4 is 5.70 Å². The number of hydrogen-bond acceptors (Lipinski definition) is 2. The molecule has 0 radical (unpaired) electrons. The lowest BCUT2D eigenvalue weighted by Crippen LogP contribution is -2.19. The smallest absolute Gasteiger partial charge is 0.112 e. The molecule has 1 saturated carbocycles. The van der Waals surface area contributed by atoms with E-state index in [1.54, 1.807) is 0 Å². The fourth-order valence-corrected chi connectivity index (χ4v) is 5.55. The molecule has 3 heteroatoms. The molecule has 1 fully saturated rings. The van der Waals surface area contributed by atoms with E-state index in [0.29, 0.717) is 5.92 Å². The van der Waals surface area contributed by atoms with Crippen molar-refractivity contribution in [2.75, 3.05) is 0 Å². The lowest BCUT2D eigenvalue weighted by Gasteiger charge is -2.26. The number of hydrogen-bond donors (Lipinski definition) is 1. The molecule has 2 aliphatic rings. The summed E-state index contributed by atoms with van der Waals surface area (Å²) in [6.45, 7) is 3.07. The van der Waals surface area contributed by atoms with Crippen LogP contribution in [0.4, 0.5) is 0 Å². The van der Waals surface area contributed by atoms with Crippen molar-refractivity contribution in [3.8, 4) is 0 Å². The standard InChI is InChI=1S/C32H33N3/c1-23(25-14-7-3-8-15-25)33-30(27-20-21-27)31-29-19-11-18-28(26-16-9-4-10-17-26)32(29)35(34-31)22-24-12-5-2-6-13-24/h2-10,12-17,23,28,33H,11,18-22H2,1H3. The van der Waals surface area contributed by atoms with Gasteiger partial charge in [0.1, 0.15) is 5.69 Å². The van der Waals surface area contributed by atoms with Gasteiger partial charge in [-0.25, -0.2) is 0 Å². The topological polar surface area (TPSA) is 29.9 Å². The molecule has 3 nitrogen and oxygen atoms in total. The minimum atomic E-state index is 0.239. The van der Waals surface area contributed by atoms with Crippen LogP contribution in [0.3, 0.4) is 0 Å². The molecule has 0 bridgehead atoms. The van der Waals surface area contributed by atoms with Gasteiger partial charge in [-0.05, 0) is 61.3 Å². The highest BCUT2D eigenvalue weighted by Crippen LogP contribution is 2.43. The summed E-state index contributed by atoms with van der Waals surface area (Å²) in [4.78, 5) is 0. The Bertz CT molecular complexity index is 1310. The summed E-state index contributed by atoms with van der Waals surface area (Å²) in [5.74, 6) is 0.391. The molecule has 0 spiro atoms. The van der Waals surface area contributed by atoms with E-state index >= 15 is 0 Å². The van der Waals surface area contributed by atoms with Gasteiger partial charge in [0.15, 0.2) is 0 Å². The van der Waals surface area contributed by atoms with Crippen LogP contribution in [-0.2, 0) is 13.0 Å². The van der Waals surface area contributed by atoms with E-state index in [1.165, 1.54) is 70.6 Å². The van der Waals surface area contributed by atoms with Crippen LogP contribution in [0.5, 0.6) is 0 Å². The third-order valence-electron chi connectivity index (χ3n) is 7.47. The Kier molecular flexibility index (Phi) is 5.99. The minimum absolute atomic E-state index is 0.239. The van der Waals surface area contributed by atoms with Crippen molar-refractivity contribution in [2.45, 2.75) is 57.5 Å². The monoisotopic (exact) mass is 459 g/mol. The van der Waals surface area contributed by atoms with E-state index in [0.717, 1.165) is 13.0 Å². The third kappa shape index (κ3) is 4.55. The Morgan fingerprint density at radius 3 is 2.23 bits per heavy atom. The van der Waals surface area contributed by atoms with Crippen LogP contribution in [0.25, 0.3) is 5.70 Å². The van der Waals surface area contributed by atoms with E-state index in [2.05, 4.69) is 108 Å². The summed E-state index contributed by atoms with van der Waals surface area (Å²) >= 11 is 0. The van der Waals surface area contributed by atoms with E-state index < -0.39 is 0 Å². The molecule has 1 heterocycles. The Hall–Kier alpha value is -3.59. The van der Waals surface area contributed by atoms with Gasteiger partial charge in [0.2, 0.25) is 0 Å². The molecule has 176 valence electrons. The maximum atomic E-state index is 5.37. The SMILES string of the molecule is CC(NC(=C1CC1)c1nn(Cc2ccccc2)c2c1CCCC2c1ccccc1)c1ccccc1. The fourth-order valence-electron chi connectivity index (χ4n) is 5.55. The quantitative estimate of drug-likeness (QED) is 0.315. The largest absolute Gasteiger partial charge is 0.377 e. The van der Waals surface area contributed by atoms with Crippen LogP contribution >= 0.6 is 0 Å². The molecule has 0 aliphatic heterocycles. The maximum Gasteiger partial charge on any atom is 0.112 e. The molecular formula is C32H33N3. The highest BCUT2D eigenvalue weighted by atomic mass is 15.3. The van der Waals surface area contributed by atoms with Crippen LogP contribution in [0.1, 0.15) is 78.2 Å². The van der Waals surface area contributed by atoms with E-state index in [4.69, 9.17) is 5.10 Å². The molecule has 2 atom stereocenters. The summed E-state index contributed by atoms with van der Waals surface area (Å²) in [5.41, 5.74) is 10.9. The van der Waals surface area contributed by atoms with Gasteiger partial charge in [-0.15, -0.1) is 0 Å². The van der Waals surface area contributed by atoms with Gasteiger partial charge >= 0.3 is 0 Å². The maximum absolute atomic E-state index is 5.37. The Balaban J connectivity index is 1.44. The summed E-state index contributed by atoms with van der Waals surface area (Å²) < 4.78 is 2.31. The summed E-state index contributed by atoms with van der Waals surface area (Å²) in [7, 11) is 0. The Morgan fingerprint density at radius 1 is 0.886 bits per heavy atom. The third-order valence-corrected chi connectivity index (χ3v) is 7.47. The first-order valence-corrected chi connectivity index (χ1v) is 13.0. The molecular weight excluding hydrogens is 426 g/mol. The van der Waals surface area contributed by atoms with E-state index in [1.807, 2.05) is 0 Å². The zero-order valence-electron chi connectivity index (χ0n) is 20.5. The minimum Gasteiger partial charge on any atom is -0.377 e. The van der Waals surface area contributed by atoms with Crippen LogP contribution in [0, 0.1) is 0 Å². The van der Waals surface area contributed by atoms with Gasteiger partial charge in [0.05, 0.1) is 17.9 Å². The summed E-state index contributed by atoms with van der Waals surface area (Å²) in [5, 5.41) is 9.26. The molecule has 35 heavy (non-hydrogen) atoms. The van der Waals surface area contributed by atoms with Crippen LogP contribution < -0.4 is 5.32 Å². The van der Waals surface area contributed by atoms with Gasteiger partial charge in [-0.2, -0.15) is 5.10 Å². The van der Waals surface area contributed by atoms with Crippen LogP contribution in [0.2, 0.25) is 0 Å². The predicted octanol–water partition coefficient (Wildman–Crippen LogP) is 7.26.